The maximum absolute atomic E-state index is 13.5. The Morgan fingerprint density at radius 3 is 1.70 bits per heavy atom. The third-order valence-electron chi connectivity index (χ3n) is 6.17. The fourth-order valence-corrected chi connectivity index (χ4v) is 5.68. The minimum atomic E-state index is -3.79. The molecule has 0 heterocycles. The van der Waals surface area contributed by atoms with E-state index in [9.17, 15) is 8.42 Å². The molecular weight excluding hydrogens is 589 g/mol. The molecule has 4 nitrogen and oxygen atoms in total. The van der Waals surface area contributed by atoms with E-state index in [0.29, 0.717) is 5.88 Å². The molecule has 4 aromatic carbocycles. The molecule has 4 aromatic rings. The molecule has 37 heavy (non-hydrogen) atoms. The summed E-state index contributed by atoms with van der Waals surface area (Å²) in [6.07, 6.45) is 1.88. The molecule has 0 aliphatic rings. The predicted molar refractivity (Wildman–Crippen MR) is 147 cm³/mol. The Kier molecular flexibility index (Phi) is 11.5. The number of benzene rings is 4. The molecule has 192 valence electrons. The van der Waals surface area contributed by atoms with Gasteiger partial charge in [-0.1, -0.05) is 103 Å². The van der Waals surface area contributed by atoms with Crippen molar-refractivity contribution in [2.24, 2.45) is 0 Å². The van der Waals surface area contributed by atoms with Crippen molar-refractivity contribution in [3.8, 4) is 0 Å². The maximum atomic E-state index is 13.5. The third-order valence-corrected chi connectivity index (χ3v) is 7.94. The van der Waals surface area contributed by atoms with Gasteiger partial charge in [0.25, 0.3) is 0 Å². The molecule has 0 aromatic heterocycles. The van der Waals surface area contributed by atoms with Gasteiger partial charge in [0.05, 0.1) is 17.0 Å². The first kappa shape index (κ1) is 29.2. The van der Waals surface area contributed by atoms with E-state index in [1.54, 1.807) is 24.3 Å². The second-order valence-electron chi connectivity index (χ2n) is 8.72. The Hall–Kier alpha value is -2.34. The van der Waals surface area contributed by atoms with E-state index in [1.807, 2.05) is 66.7 Å². The molecule has 0 amide bonds. The largest absolute Gasteiger partial charge is 2.00 e. The standard InChI is InChI=1S/C30H31ClN2O2S.Ru/c31-23-25-18-20-28(21-19-25)36(34,35)33-30(27-16-8-3-9-17-27)29(26-14-6-2-7-15-26)32-22-10-13-24-11-4-1-5-12-24;/h1-9,11-12,14-21,29-30,32-33H,10,13,22-23H2;/q;+2/t29-,30-;/m1./s1. The molecule has 0 aliphatic carbocycles. The van der Waals surface area contributed by atoms with E-state index < -0.39 is 16.1 Å². The molecule has 0 unspecified atom stereocenters. The van der Waals surface area contributed by atoms with E-state index >= 15 is 0 Å². The Morgan fingerprint density at radius 1 is 0.649 bits per heavy atom. The summed E-state index contributed by atoms with van der Waals surface area (Å²) in [6.45, 7) is 0.740. The van der Waals surface area contributed by atoms with Crippen LogP contribution in [0.25, 0.3) is 0 Å². The quantitative estimate of drug-likeness (QED) is 0.110. The molecule has 0 bridgehead atoms. The van der Waals surface area contributed by atoms with Gasteiger partial charge in [0.15, 0.2) is 0 Å². The van der Waals surface area contributed by atoms with E-state index in [1.165, 1.54) is 5.56 Å². The molecule has 0 fully saturated rings. The van der Waals surface area contributed by atoms with E-state index in [2.05, 4.69) is 34.3 Å². The summed E-state index contributed by atoms with van der Waals surface area (Å²) in [5.41, 5.74) is 4.07. The first-order chi connectivity index (χ1) is 17.6. The SMILES string of the molecule is O=S(=O)(N[C@H](c1ccccc1)[C@H](NCCCc1ccccc1)c1ccccc1)c1ccc(CCl)cc1.[Ru+2]. The van der Waals surface area contributed by atoms with Gasteiger partial charge in [-0.15, -0.1) is 11.6 Å². The van der Waals surface area contributed by atoms with Gasteiger partial charge in [0.2, 0.25) is 10.0 Å². The smallest absolute Gasteiger partial charge is 0.308 e. The summed E-state index contributed by atoms with van der Waals surface area (Å²) in [7, 11) is -3.79. The van der Waals surface area contributed by atoms with Gasteiger partial charge in [0.1, 0.15) is 0 Å². The van der Waals surface area contributed by atoms with E-state index in [4.69, 9.17) is 11.6 Å². The molecule has 0 saturated carbocycles. The number of hydrogen-bond acceptors (Lipinski definition) is 3. The summed E-state index contributed by atoms with van der Waals surface area (Å²) in [6, 6.07) is 36.0. The number of nitrogens with one attached hydrogen (secondary N) is 2. The maximum Gasteiger partial charge on any atom is 2.00 e. The van der Waals surface area contributed by atoms with Crippen LogP contribution in [0.2, 0.25) is 0 Å². The van der Waals surface area contributed by atoms with Gasteiger partial charge < -0.3 is 5.32 Å². The first-order valence-corrected chi connectivity index (χ1v) is 14.1. The number of alkyl halides is 1. The van der Waals surface area contributed by atoms with Gasteiger partial charge in [-0.3, -0.25) is 0 Å². The van der Waals surface area contributed by atoms with Crippen LogP contribution in [0.15, 0.2) is 120 Å². The normalized spacial score (nSPS) is 12.9. The van der Waals surface area contributed by atoms with Crippen molar-refractivity contribution < 1.29 is 27.9 Å². The summed E-state index contributed by atoms with van der Waals surface area (Å²) >= 11 is 5.89. The van der Waals surface area contributed by atoms with Crippen molar-refractivity contribution in [1.29, 1.82) is 0 Å². The van der Waals surface area contributed by atoms with Crippen molar-refractivity contribution in [1.82, 2.24) is 10.0 Å². The third kappa shape index (κ3) is 8.33. The second-order valence-corrected chi connectivity index (χ2v) is 10.7. The zero-order valence-corrected chi connectivity index (χ0v) is 23.7. The summed E-state index contributed by atoms with van der Waals surface area (Å²) in [5, 5.41) is 3.65. The fourth-order valence-electron chi connectivity index (χ4n) is 4.27. The minimum absolute atomic E-state index is 0. The van der Waals surface area contributed by atoms with Crippen LogP contribution in [0.5, 0.6) is 0 Å². The van der Waals surface area contributed by atoms with Crippen LogP contribution in [-0.2, 0) is 41.8 Å². The summed E-state index contributed by atoms with van der Waals surface area (Å²) in [5.74, 6) is 0.337. The Balaban J connectivity index is 0.00000380. The average Bonchev–Trinajstić information content (AvgIpc) is 2.94. The number of aryl methyl sites for hydroxylation is 1. The van der Waals surface area contributed by atoms with Crippen molar-refractivity contribution in [3.05, 3.63) is 138 Å². The molecule has 2 atom stereocenters. The van der Waals surface area contributed by atoms with Crippen molar-refractivity contribution in [3.63, 3.8) is 0 Å². The molecule has 0 aliphatic heterocycles. The van der Waals surface area contributed by atoms with Crippen LogP contribution in [0, 0.1) is 0 Å². The number of sulfonamides is 1. The first-order valence-electron chi connectivity index (χ1n) is 12.1. The Labute approximate surface area is 238 Å². The van der Waals surface area contributed by atoms with Crippen molar-refractivity contribution in [2.45, 2.75) is 35.7 Å². The van der Waals surface area contributed by atoms with Gasteiger partial charge >= 0.3 is 19.5 Å². The molecule has 0 saturated heterocycles. The van der Waals surface area contributed by atoms with Gasteiger partial charge in [-0.25, -0.2) is 13.1 Å². The monoisotopic (exact) mass is 620 g/mol. The minimum Gasteiger partial charge on any atom is -0.308 e. The van der Waals surface area contributed by atoms with E-state index in [0.717, 1.165) is 36.1 Å². The average molecular weight is 620 g/mol. The zero-order valence-electron chi connectivity index (χ0n) is 20.4. The van der Waals surface area contributed by atoms with Crippen LogP contribution >= 0.6 is 11.6 Å². The van der Waals surface area contributed by atoms with Crippen molar-refractivity contribution >= 4 is 21.6 Å². The van der Waals surface area contributed by atoms with Crippen LogP contribution in [0.1, 0.15) is 40.8 Å². The summed E-state index contributed by atoms with van der Waals surface area (Å²) in [4.78, 5) is 0.216. The van der Waals surface area contributed by atoms with Gasteiger partial charge in [0, 0.05) is 5.88 Å². The Morgan fingerprint density at radius 2 is 1.16 bits per heavy atom. The molecule has 0 spiro atoms. The number of halogens is 1. The molecule has 7 heteroatoms. The van der Waals surface area contributed by atoms with Crippen LogP contribution in [-0.4, -0.2) is 15.0 Å². The van der Waals surface area contributed by atoms with Crippen LogP contribution < -0.4 is 10.0 Å². The zero-order chi connectivity index (χ0) is 25.2. The molecule has 4 rings (SSSR count). The Bertz CT molecular complexity index is 1310. The van der Waals surface area contributed by atoms with Crippen LogP contribution in [0.3, 0.4) is 0 Å². The fraction of sp³-hybridized carbons (Fsp3) is 0.200. The topological polar surface area (TPSA) is 58.2 Å². The summed E-state index contributed by atoms with van der Waals surface area (Å²) < 4.78 is 30.0. The van der Waals surface area contributed by atoms with Crippen LogP contribution in [0.4, 0.5) is 0 Å². The molecular formula is C30H31ClN2O2RuS+2. The predicted octanol–water partition coefficient (Wildman–Crippen LogP) is 6.41. The van der Waals surface area contributed by atoms with Gasteiger partial charge in [-0.2, -0.15) is 0 Å². The molecule has 2 N–H and O–H groups in total. The van der Waals surface area contributed by atoms with Crippen molar-refractivity contribution in [2.75, 3.05) is 6.54 Å². The number of rotatable bonds is 12. The number of hydrogen-bond donors (Lipinski definition) is 2. The molecule has 0 radical (unpaired) electrons. The second kappa shape index (κ2) is 14.6. The van der Waals surface area contributed by atoms with Gasteiger partial charge in [-0.05, 0) is 53.8 Å². The van der Waals surface area contributed by atoms with E-state index in [-0.39, 0.29) is 30.4 Å².